The Hall–Kier alpha value is -2.09. The third kappa shape index (κ3) is 1.31. The van der Waals surface area contributed by atoms with E-state index in [-0.39, 0.29) is 0 Å². The Bertz CT molecular complexity index is 624. The SMILES string of the molecule is Cc1cn2ccccc2c1-c1ccccn1. The average molecular weight is 208 g/mol. The summed E-state index contributed by atoms with van der Waals surface area (Å²) in [4.78, 5) is 4.42. The van der Waals surface area contributed by atoms with Gasteiger partial charge in [-0.25, -0.2) is 0 Å². The van der Waals surface area contributed by atoms with Gasteiger partial charge in [0.2, 0.25) is 0 Å². The van der Waals surface area contributed by atoms with Crippen LogP contribution in [0.5, 0.6) is 0 Å². The second-order valence-corrected chi connectivity index (χ2v) is 3.90. The highest BCUT2D eigenvalue weighted by Crippen LogP contribution is 2.27. The van der Waals surface area contributed by atoms with E-state index in [0.29, 0.717) is 0 Å². The van der Waals surface area contributed by atoms with Gasteiger partial charge in [0.1, 0.15) is 0 Å². The zero-order chi connectivity index (χ0) is 11.0. The molecule has 0 saturated heterocycles. The van der Waals surface area contributed by atoms with Crippen molar-refractivity contribution in [3.63, 3.8) is 0 Å². The molecule has 0 saturated carbocycles. The number of nitrogens with zero attached hydrogens (tertiary/aromatic N) is 2. The smallest absolute Gasteiger partial charge is 0.0726 e. The largest absolute Gasteiger partial charge is 0.323 e. The third-order valence-corrected chi connectivity index (χ3v) is 2.79. The van der Waals surface area contributed by atoms with Crippen molar-refractivity contribution in [2.45, 2.75) is 6.92 Å². The van der Waals surface area contributed by atoms with E-state index < -0.39 is 0 Å². The van der Waals surface area contributed by atoms with Gasteiger partial charge >= 0.3 is 0 Å². The molecule has 0 bridgehead atoms. The Morgan fingerprint density at radius 1 is 1.06 bits per heavy atom. The van der Waals surface area contributed by atoms with E-state index in [1.54, 1.807) is 0 Å². The first kappa shape index (κ1) is 9.16. The molecule has 0 aliphatic rings. The second kappa shape index (κ2) is 3.49. The van der Waals surface area contributed by atoms with Gasteiger partial charge in [-0.15, -0.1) is 0 Å². The molecule has 2 heteroatoms. The van der Waals surface area contributed by atoms with Crippen LogP contribution in [0.4, 0.5) is 0 Å². The fourth-order valence-electron chi connectivity index (χ4n) is 2.10. The lowest BCUT2D eigenvalue weighted by molar-refractivity contribution is 1.19. The average Bonchev–Trinajstić information content (AvgIpc) is 2.66. The molecule has 0 aliphatic carbocycles. The first-order valence-corrected chi connectivity index (χ1v) is 5.34. The van der Waals surface area contributed by atoms with Crippen molar-refractivity contribution in [3.05, 3.63) is 60.6 Å². The monoisotopic (exact) mass is 208 g/mol. The number of hydrogen-bond donors (Lipinski definition) is 0. The van der Waals surface area contributed by atoms with Crippen molar-refractivity contribution < 1.29 is 0 Å². The molecule has 0 amide bonds. The van der Waals surface area contributed by atoms with Crippen molar-refractivity contribution in [2.24, 2.45) is 0 Å². The predicted molar refractivity (Wildman–Crippen MR) is 65.4 cm³/mol. The van der Waals surface area contributed by atoms with Gasteiger partial charge in [-0.05, 0) is 36.8 Å². The van der Waals surface area contributed by atoms with Crippen molar-refractivity contribution >= 4 is 5.52 Å². The molecule has 0 atom stereocenters. The Kier molecular flexibility index (Phi) is 2.00. The summed E-state index contributed by atoms with van der Waals surface area (Å²) >= 11 is 0. The molecular weight excluding hydrogens is 196 g/mol. The molecule has 0 spiro atoms. The van der Waals surface area contributed by atoms with Gasteiger partial charge in [-0.3, -0.25) is 4.98 Å². The van der Waals surface area contributed by atoms with Gasteiger partial charge in [0.05, 0.1) is 11.2 Å². The molecule has 3 rings (SSSR count). The lowest BCUT2D eigenvalue weighted by Crippen LogP contribution is -1.83. The summed E-state index contributed by atoms with van der Waals surface area (Å²) in [5.41, 5.74) is 4.72. The number of aryl methyl sites for hydroxylation is 1. The number of rotatable bonds is 1. The molecule has 3 heterocycles. The lowest BCUT2D eigenvalue weighted by Gasteiger charge is -2.00. The van der Waals surface area contributed by atoms with E-state index in [4.69, 9.17) is 0 Å². The number of aromatic nitrogens is 2. The Morgan fingerprint density at radius 2 is 1.94 bits per heavy atom. The van der Waals surface area contributed by atoms with E-state index in [2.05, 4.69) is 46.9 Å². The summed E-state index contributed by atoms with van der Waals surface area (Å²) in [6, 6.07) is 12.2. The van der Waals surface area contributed by atoms with Crippen LogP contribution in [0.3, 0.4) is 0 Å². The van der Waals surface area contributed by atoms with Crippen molar-refractivity contribution in [3.8, 4) is 11.3 Å². The van der Waals surface area contributed by atoms with Crippen molar-refractivity contribution in [2.75, 3.05) is 0 Å². The van der Waals surface area contributed by atoms with Gasteiger partial charge in [0.15, 0.2) is 0 Å². The number of pyridine rings is 2. The van der Waals surface area contributed by atoms with Crippen LogP contribution in [0.15, 0.2) is 55.0 Å². The molecule has 3 aromatic heterocycles. The van der Waals surface area contributed by atoms with E-state index in [0.717, 1.165) is 5.69 Å². The van der Waals surface area contributed by atoms with Crippen LogP contribution >= 0.6 is 0 Å². The highest BCUT2D eigenvalue weighted by molar-refractivity contribution is 5.81. The van der Waals surface area contributed by atoms with Gasteiger partial charge in [0.25, 0.3) is 0 Å². The zero-order valence-corrected chi connectivity index (χ0v) is 9.09. The minimum absolute atomic E-state index is 1.04. The van der Waals surface area contributed by atoms with E-state index >= 15 is 0 Å². The quantitative estimate of drug-likeness (QED) is 0.599. The molecule has 0 aliphatic heterocycles. The highest BCUT2D eigenvalue weighted by Gasteiger charge is 2.09. The Morgan fingerprint density at radius 3 is 2.75 bits per heavy atom. The van der Waals surface area contributed by atoms with E-state index in [1.807, 2.05) is 24.4 Å². The molecule has 78 valence electrons. The number of hydrogen-bond acceptors (Lipinski definition) is 1. The highest BCUT2D eigenvalue weighted by atomic mass is 14.9. The maximum atomic E-state index is 4.42. The summed E-state index contributed by atoms with van der Waals surface area (Å²) in [6.07, 6.45) is 6.04. The van der Waals surface area contributed by atoms with Crippen LogP contribution < -0.4 is 0 Å². The van der Waals surface area contributed by atoms with Crippen molar-refractivity contribution in [1.29, 1.82) is 0 Å². The molecule has 0 unspecified atom stereocenters. The predicted octanol–water partition coefficient (Wildman–Crippen LogP) is 3.31. The maximum absolute atomic E-state index is 4.42. The summed E-state index contributed by atoms with van der Waals surface area (Å²) in [5, 5.41) is 0. The maximum Gasteiger partial charge on any atom is 0.0726 e. The van der Waals surface area contributed by atoms with E-state index in [1.165, 1.54) is 16.6 Å². The van der Waals surface area contributed by atoms with Crippen LogP contribution in [0.1, 0.15) is 5.56 Å². The van der Waals surface area contributed by atoms with Gasteiger partial charge in [-0.2, -0.15) is 0 Å². The zero-order valence-electron chi connectivity index (χ0n) is 9.09. The normalized spacial score (nSPS) is 10.8. The van der Waals surface area contributed by atoms with E-state index in [9.17, 15) is 0 Å². The van der Waals surface area contributed by atoms with Crippen LogP contribution in [0.25, 0.3) is 16.8 Å². The topological polar surface area (TPSA) is 17.3 Å². The molecule has 2 nitrogen and oxygen atoms in total. The molecule has 0 aromatic carbocycles. The molecule has 0 fully saturated rings. The fraction of sp³-hybridized carbons (Fsp3) is 0.0714. The van der Waals surface area contributed by atoms with Crippen LogP contribution in [0, 0.1) is 6.92 Å². The molecule has 0 radical (unpaired) electrons. The minimum atomic E-state index is 1.04. The minimum Gasteiger partial charge on any atom is -0.323 e. The first-order chi connectivity index (χ1) is 7.86. The summed E-state index contributed by atoms with van der Waals surface area (Å²) in [5.74, 6) is 0. The fourth-order valence-corrected chi connectivity index (χ4v) is 2.10. The second-order valence-electron chi connectivity index (χ2n) is 3.90. The van der Waals surface area contributed by atoms with Crippen LogP contribution in [-0.4, -0.2) is 9.38 Å². The summed E-state index contributed by atoms with van der Waals surface area (Å²) in [6.45, 7) is 2.12. The number of fused-ring (bicyclic) bond motifs is 1. The van der Waals surface area contributed by atoms with Gasteiger partial charge in [0, 0.05) is 24.2 Å². The molecule has 0 N–H and O–H groups in total. The van der Waals surface area contributed by atoms with Gasteiger partial charge in [-0.1, -0.05) is 12.1 Å². The first-order valence-electron chi connectivity index (χ1n) is 5.34. The van der Waals surface area contributed by atoms with Crippen LogP contribution in [0.2, 0.25) is 0 Å². The molecule has 16 heavy (non-hydrogen) atoms. The molecule has 3 aromatic rings. The van der Waals surface area contributed by atoms with Gasteiger partial charge < -0.3 is 4.40 Å². The summed E-state index contributed by atoms with van der Waals surface area (Å²) < 4.78 is 2.14. The lowest BCUT2D eigenvalue weighted by atomic mass is 10.1. The Labute approximate surface area is 94.2 Å². The van der Waals surface area contributed by atoms with Crippen molar-refractivity contribution in [1.82, 2.24) is 9.38 Å². The Balaban J connectivity index is 2.35. The van der Waals surface area contributed by atoms with Crippen LogP contribution in [-0.2, 0) is 0 Å². The standard InChI is InChI=1S/C14H12N2/c1-11-10-16-9-5-3-7-13(16)14(11)12-6-2-4-8-15-12/h2-10H,1H3. The molecular formula is C14H12N2. The summed E-state index contributed by atoms with van der Waals surface area (Å²) in [7, 11) is 0. The third-order valence-electron chi connectivity index (χ3n) is 2.79.